The Kier molecular flexibility index (Phi) is 4.84. The first-order chi connectivity index (χ1) is 11.1. The van der Waals surface area contributed by atoms with Crippen LogP contribution in [0.1, 0.15) is 51.4 Å². The molecule has 2 aliphatic heterocycles. The number of nitrogens with one attached hydrogen (secondary N) is 3. The topological polar surface area (TPSA) is 90.5 Å². The second-order valence-electron chi connectivity index (χ2n) is 6.88. The molecule has 1 aliphatic carbocycles. The van der Waals surface area contributed by atoms with Crippen molar-refractivity contribution in [3.05, 3.63) is 0 Å². The lowest BCUT2D eigenvalue weighted by Gasteiger charge is -2.23. The molecule has 4 amide bonds. The van der Waals surface area contributed by atoms with E-state index >= 15 is 0 Å². The number of piperidine rings is 1. The Morgan fingerprint density at radius 3 is 2.70 bits per heavy atom. The zero-order valence-corrected chi connectivity index (χ0v) is 13.5. The Hall–Kier alpha value is -1.63. The van der Waals surface area contributed by atoms with Crippen molar-refractivity contribution in [2.45, 2.75) is 62.9 Å². The number of urea groups is 1. The monoisotopic (exact) mass is 322 g/mol. The van der Waals surface area contributed by atoms with Crippen molar-refractivity contribution in [1.29, 1.82) is 0 Å². The SMILES string of the molecule is O=C(CCN1C(=O)NC2(CCCC2)C1=O)NC[C@H]1CCCCN1. The van der Waals surface area contributed by atoms with E-state index in [1.165, 1.54) is 17.7 Å². The summed E-state index contributed by atoms with van der Waals surface area (Å²) in [7, 11) is 0. The fraction of sp³-hybridized carbons (Fsp3) is 0.812. The molecule has 0 aromatic carbocycles. The van der Waals surface area contributed by atoms with Gasteiger partial charge in [-0.1, -0.05) is 19.3 Å². The predicted molar refractivity (Wildman–Crippen MR) is 84.7 cm³/mol. The summed E-state index contributed by atoms with van der Waals surface area (Å²) in [5, 5.41) is 9.10. The van der Waals surface area contributed by atoms with Crippen LogP contribution in [0.15, 0.2) is 0 Å². The maximum Gasteiger partial charge on any atom is 0.325 e. The zero-order chi connectivity index (χ0) is 16.3. The van der Waals surface area contributed by atoms with E-state index in [9.17, 15) is 14.4 Å². The van der Waals surface area contributed by atoms with Crippen molar-refractivity contribution in [3.63, 3.8) is 0 Å². The Balaban J connectivity index is 1.43. The maximum absolute atomic E-state index is 12.5. The predicted octanol–water partition coefficient (Wildman–Crippen LogP) is 0.499. The number of nitrogens with zero attached hydrogens (tertiary/aromatic N) is 1. The first-order valence-electron chi connectivity index (χ1n) is 8.75. The molecule has 2 saturated heterocycles. The van der Waals surface area contributed by atoms with Crippen molar-refractivity contribution < 1.29 is 14.4 Å². The van der Waals surface area contributed by atoms with E-state index in [2.05, 4.69) is 16.0 Å². The van der Waals surface area contributed by atoms with Gasteiger partial charge in [-0.25, -0.2) is 4.79 Å². The third kappa shape index (κ3) is 3.49. The molecule has 7 heteroatoms. The summed E-state index contributed by atoms with van der Waals surface area (Å²) in [6, 6.07) is -0.00942. The summed E-state index contributed by atoms with van der Waals surface area (Å²) < 4.78 is 0. The number of amides is 4. The molecule has 1 atom stereocenters. The van der Waals surface area contributed by atoms with Gasteiger partial charge in [0.05, 0.1) is 0 Å². The van der Waals surface area contributed by atoms with Gasteiger partial charge in [-0.15, -0.1) is 0 Å². The van der Waals surface area contributed by atoms with Crippen LogP contribution in [0.3, 0.4) is 0 Å². The molecular formula is C16H26N4O3. The van der Waals surface area contributed by atoms with Gasteiger partial charge in [-0.05, 0) is 32.2 Å². The number of imide groups is 1. The van der Waals surface area contributed by atoms with E-state index in [4.69, 9.17) is 0 Å². The summed E-state index contributed by atoms with van der Waals surface area (Å²) in [5.41, 5.74) is -0.681. The second kappa shape index (κ2) is 6.86. The van der Waals surface area contributed by atoms with Crippen LogP contribution in [-0.4, -0.2) is 54.0 Å². The normalized spacial score (nSPS) is 26.6. The summed E-state index contributed by atoms with van der Waals surface area (Å²) in [5.74, 6) is -0.257. The first-order valence-corrected chi connectivity index (χ1v) is 8.75. The molecule has 3 N–H and O–H groups in total. The third-order valence-electron chi connectivity index (χ3n) is 5.22. The van der Waals surface area contributed by atoms with Gasteiger partial charge in [0.2, 0.25) is 5.91 Å². The molecule has 7 nitrogen and oxygen atoms in total. The Bertz CT molecular complexity index is 482. The minimum absolute atomic E-state index is 0.106. The molecule has 3 fully saturated rings. The van der Waals surface area contributed by atoms with Crippen LogP contribution in [0.25, 0.3) is 0 Å². The second-order valence-corrected chi connectivity index (χ2v) is 6.88. The summed E-state index contributed by atoms with van der Waals surface area (Å²) in [4.78, 5) is 37.6. The molecule has 3 rings (SSSR count). The number of carbonyl (C=O) groups excluding carboxylic acids is 3. The van der Waals surface area contributed by atoms with Crippen molar-refractivity contribution in [2.24, 2.45) is 0 Å². The largest absolute Gasteiger partial charge is 0.354 e. The molecule has 0 radical (unpaired) electrons. The Labute approximate surface area is 136 Å². The Morgan fingerprint density at radius 1 is 1.22 bits per heavy atom. The lowest BCUT2D eigenvalue weighted by Crippen LogP contribution is -2.45. The highest BCUT2D eigenvalue weighted by atomic mass is 16.2. The smallest absolute Gasteiger partial charge is 0.325 e. The van der Waals surface area contributed by atoms with Crippen LogP contribution in [0.4, 0.5) is 4.79 Å². The van der Waals surface area contributed by atoms with Crippen LogP contribution < -0.4 is 16.0 Å². The van der Waals surface area contributed by atoms with Gasteiger partial charge in [0.15, 0.2) is 0 Å². The minimum Gasteiger partial charge on any atom is -0.354 e. The fourth-order valence-electron chi connectivity index (χ4n) is 3.83. The minimum atomic E-state index is -0.681. The highest BCUT2D eigenvalue weighted by Crippen LogP contribution is 2.34. The molecule has 0 bridgehead atoms. The summed E-state index contributed by atoms with van der Waals surface area (Å²) in [6.45, 7) is 1.78. The average Bonchev–Trinajstić information content (AvgIpc) is 3.11. The van der Waals surface area contributed by atoms with Crippen LogP contribution >= 0.6 is 0 Å². The van der Waals surface area contributed by atoms with Gasteiger partial charge in [0.25, 0.3) is 5.91 Å². The van der Waals surface area contributed by atoms with Crippen LogP contribution in [0.2, 0.25) is 0 Å². The van der Waals surface area contributed by atoms with Crippen LogP contribution in [0.5, 0.6) is 0 Å². The van der Waals surface area contributed by atoms with Crippen LogP contribution in [-0.2, 0) is 9.59 Å². The number of hydrogen-bond acceptors (Lipinski definition) is 4. The molecule has 23 heavy (non-hydrogen) atoms. The summed E-state index contributed by atoms with van der Waals surface area (Å²) in [6.07, 6.45) is 7.00. The summed E-state index contributed by atoms with van der Waals surface area (Å²) >= 11 is 0. The lowest BCUT2D eigenvalue weighted by atomic mass is 9.98. The van der Waals surface area contributed by atoms with Gasteiger partial charge in [-0.3, -0.25) is 14.5 Å². The standard InChI is InChI=1S/C16H26N4O3/c21-13(18-11-12-5-1-4-9-17-12)6-10-20-14(22)16(19-15(20)23)7-2-3-8-16/h12,17H,1-11H2,(H,18,21)(H,19,23)/t12-/m1/s1. The van der Waals surface area contributed by atoms with E-state index in [0.29, 0.717) is 25.4 Å². The van der Waals surface area contributed by atoms with Crippen molar-refractivity contribution in [1.82, 2.24) is 20.9 Å². The van der Waals surface area contributed by atoms with Crippen molar-refractivity contribution in [3.8, 4) is 0 Å². The number of hydrogen-bond donors (Lipinski definition) is 3. The van der Waals surface area contributed by atoms with Gasteiger partial charge in [-0.2, -0.15) is 0 Å². The zero-order valence-electron chi connectivity index (χ0n) is 13.5. The quantitative estimate of drug-likeness (QED) is 0.643. The molecule has 0 aromatic rings. The first kappa shape index (κ1) is 16.2. The van der Waals surface area contributed by atoms with Crippen molar-refractivity contribution in [2.75, 3.05) is 19.6 Å². The fourth-order valence-corrected chi connectivity index (χ4v) is 3.83. The van der Waals surface area contributed by atoms with E-state index in [-0.39, 0.29) is 30.8 Å². The van der Waals surface area contributed by atoms with Crippen molar-refractivity contribution >= 4 is 17.8 Å². The van der Waals surface area contributed by atoms with Gasteiger partial charge < -0.3 is 16.0 Å². The maximum atomic E-state index is 12.5. The average molecular weight is 322 g/mol. The van der Waals surface area contributed by atoms with E-state index in [0.717, 1.165) is 25.8 Å². The number of carbonyl (C=O) groups is 3. The number of rotatable bonds is 5. The third-order valence-corrected chi connectivity index (χ3v) is 5.22. The van der Waals surface area contributed by atoms with Crippen LogP contribution in [0, 0.1) is 0 Å². The molecule has 0 unspecified atom stereocenters. The lowest BCUT2D eigenvalue weighted by molar-refractivity contribution is -0.131. The highest BCUT2D eigenvalue weighted by molar-refractivity contribution is 6.07. The molecule has 128 valence electrons. The molecule has 1 saturated carbocycles. The van der Waals surface area contributed by atoms with E-state index in [1.54, 1.807) is 0 Å². The highest BCUT2D eigenvalue weighted by Gasteiger charge is 2.52. The molecule has 2 heterocycles. The molecule has 3 aliphatic rings. The van der Waals surface area contributed by atoms with Gasteiger partial charge >= 0.3 is 6.03 Å². The molecule has 1 spiro atoms. The van der Waals surface area contributed by atoms with E-state index < -0.39 is 5.54 Å². The molecule has 0 aromatic heterocycles. The molecular weight excluding hydrogens is 296 g/mol. The Morgan fingerprint density at radius 2 is 2.00 bits per heavy atom. The van der Waals surface area contributed by atoms with E-state index in [1.807, 2.05) is 0 Å². The van der Waals surface area contributed by atoms with Gasteiger partial charge in [0.1, 0.15) is 5.54 Å². The van der Waals surface area contributed by atoms with Gasteiger partial charge in [0, 0.05) is 25.6 Å².